The summed E-state index contributed by atoms with van der Waals surface area (Å²) in [5, 5.41) is 12.4. The summed E-state index contributed by atoms with van der Waals surface area (Å²) in [4.78, 5) is 22.9. The zero-order valence-electron chi connectivity index (χ0n) is 9.77. The molecule has 1 aromatic carbocycles. The largest absolute Gasteiger partial charge is 0.421 e. The summed E-state index contributed by atoms with van der Waals surface area (Å²) >= 11 is 0.979. The maximum atomic E-state index is 11.7. The van der Waals surface area contributed by atoms with E-state index in [1.54, 1.807) is 36.6 Å². The van der Waals surface area contributed by atoms with Crippen LogP contribution in [0.1, 0.15) is 0 Å². The quantitative estimate of drug-likeness (QED) is 0.355. The van der Waals surface area contributed by atoms with Crippen LogP contribution in [0.4, 0.5) is 4.79 Å². The van der Waals surface area contributed by atoms with E-state index in [2.05, 4.69) is 5.10 Å². The van der Waals surface area contributed by atoms with Gasteiger partial charge in [0.25, 0.3) is 0 Å². The Kier molecular flexibility index (Phi) is 5.12. The zero-order chi connectivity index (χ0) is 13.5. The van der Waals surface area contributed by atoms with Gasteiger partial charge in [0.1, 0.15) is 5.75 Å². The Hall–Kier alpha value is -2.09. The molecule has 0 saturated heterocycles. The summed E-state index contributed by atoms with van der Waals surface area (Å²) in [6, 6.07) is 8.42. The van der Waals surface area contributed by atoms with Crippen molar-refractivity contribution in [1.82, 2.24) is 4.90 Å². The molecule has 0 aliphatic rings. The molecule has 1 aromatic rings. The third-order valence-corrected chi connectivity index (χ3v) is 2.58. The summed E-state index contributed by atoms with van der Waals surface area (Å²) in [6.07, 6.45) is 0.838. The molecule has 7 nitrogen and oxygen atoms in total. The van der Waals surface area contributed by atoms with Gasteiger partial charge < -0.3 is 4.74 Å². The summed E-state index contributed by atoms with van der Waals surface area (Å²) in [6.45, 7) is 0. The number of hydrogen-bond acceptors (Lipinski definition) is 5. The number of carbonyl (C=O) groups excluding carboxylic acids is 1. The number of hydrazone groups is 1. The number of carbonyl (C=O) groups is 1. The Morgan fingerprint density at radius 2 is 2.06 bits per heavy atom. The number of rotatable bonds is 2. The first-order chi connectivity index (χ1) is 8.54. The van der Waals surface area contributed by atoms with Gasteiger partial charge in [0, 0.05) is 7.05 Å². The molecule has 0 heterocycles. The number of nitro groups is 1. The molecule has 0 aromatic heterocycles. The molecule has 0 N–H and O–H groups in total. The van der Waals surface area contributed by atoms with E-state index in [9.17, 15) is 14.9 Å². The molecule has 0 aliphatic carbocycles. The van der Waals surface area contributed by atoms with Gasteiger partial charge in [0.05, 0.1) is 5.10 Å². The summed E-state index contributed by atoms with van der Waals surface area (Å²) in [7, 11) is 1.35. The molecule has 1 amide bonds. The van der Waals surface area contributed by atoms with Gasteiger partial charge in [-0.25, -0.2) is 14.9 Å². The first kappa shape index (κ1) is 14.0. The lowest BCUT2D eigenvalue weighted by atomic mass is 10.3. The van der Waals surface area contributed by atoms with Crippen LogP contribution in [0.15, 0.2) is 35.4 Å². The molecule has 0 spiro atoms. The maximum absolute atomic E-state index is 11.7. The van der Waals surface area contributed by atoms with Gasteiger partial charge in [-0.2, -0.15) is 0 Å². The van der Waals surface area contributed by atoms with Gasteiger partial charge in [-0.15, -0.1) is 0 Å². The molecule has 18 heavy (non-hydrogen) atoms. The molecule has 0 bridgehead atoms. The van der Waals surface area contributed by atoms with E-state index in [1.807, 2.05) is 0 Å². The first-order valence-electron chi connectivity index (χ1n) is 4.82. The number of amides is 1. The fourth-order valence-corrected chi connectivity index (χ4v) is 1.55. The van der Waals surface area contributed by atoms with Crippen molar-refractivity contribution >= 4 is 23.0 Å². The number of para-hydroxylation sites is 1. The number of thioether (sulfide) groups is 1. The van der Waals surface area contributed by atoms with Gasteiger partial charge in [-0.3, -0.25) is 4.90 Å². The van der Waals surface area contributed by atoms with E-state index in [0.717, 1.165) is 16.7 Å². The molecule has 0 atom stereocenters. The van der Waals surface area contributed by atoms with E-state index in [4.69, 9.17) is 4.74 Å². The van der Waals surface area contributed by atoms with Crippen molar-refractivity contribution in [3.8, 4) is 5.75 Å². The third kappa shape index (κ3) is 4.06. The molecule has 0 fully saturated rings. The Balaban J connectivity index is 2.75. The smallest absolute Gasteiger partial charge is 0.410 e. The second-order valence-corrected chi connectivity index (χ2v) is 3.84. The van der Waals surface area contributed by atoms with Crippen molar-refractivity contribution in [2.24, 2.45) is 5.10 Å². The van der Waals surface area contributed by atoms with Gasteiger partial charge in [-0.1, -0.05) is 30.0 Å². The van der Waals surface area contributed by atoms with Crippen LogP contribution in [0.3, 0.4) is 0 Å². The summed E-state index contributed by atoms with van der Waals surface area (Å²) in [5.74, 6) is 0.357. The molecule has 0 radical (unpaired) electrons. The van der Waals surface area contributed by atoms with Gasteiger partial charge in [0.15, 0.2) is 5.03 Å². The van der Waals surface area contributed by atoms with Crippen LogP contribution < -0.4 is 4.74 Å². The number of ether oxygens (including phenoxy) is 1. The second kappa shape index (κ2) is 6.60. The minimum Gasteiger partial charge on any atom is -0.410 e. The number of hydrogen-bond donors (Lipinski definition) is 0. The minimum atomic E-state index is -0.863. The van der Waals surface area contributed by atoms with Crippen LogP contribution >= 0.6 is 11.8 Å². The average Bonchev–Trinajstić information content (AvgIpc) is 2.36. The lowest BCUT2D eigenvalue weighted by molar-refractivity contribution is -0.485. The second-order valence-electron chi connectivity index (χ2n) is 3.06. The molecular weight excluding hydrogens is 258 g/mol. The van der Waals surface area contributed by atoms with E-state index in [-0.39, 0.29) is 5.17 Å². The predicted molar refractivity (Wildman–Crippen MR) is 68.2 cm³/mol. The molecular formula is C10H11N3O4S. The van der Waals surface area contributed by atoms with Gasteiger partial charge in [-0.05, 0) is 18.4 Å². The minimum absolute atomic E-state index is 0.0547. The highest BCUT2D eigenvalue weighted by molar-refractivity contribution is 8.13. The van der Waals surface area contributed by atoms with Gasteiger partial charge in [0.2, 0.25) is 5.17 Å². The van der Waals surface area contributed by atoms with Crippen molar-refractivity contribution in [3.05, 3.63) is 40.4 Å². The Labute approximate surface area is 108 Å². The van der Waals surface area contributed by atoms with Crippen molar-refractivity contribution in [2.45, 2.75) is 0 Å². The zero-order valence-corrected chi connectivity index (χ0v) is 10.6. The molecule has 96 valence electrons. The summed E-state index contributed by atoms with van der Waals surface area (Å²) < 4.78 is 5.01. The van der Waals surface area contributed by atoms with Crippen LogP contribution in [0.2, 0.25) is 0 Å². The van der Waals surface area contributed by atoms with Crippen LogP contribution in [0.5, 0.6) is 5.75 Å². The standard InChI is InChI=1S/C10H11N3O4S/c1-12(9(18-2)11-13(15)16)10(14)17-8-6-4-3-5-7-8/h3-7H,1-2H3. The highest BCUT2D eigenvalue weighted by atomic mass is 32.2. The SMILES string of the molecule is CSC(=N[N+](=O)[O-])N(C)C(=O)Oc1ccccc1. The highest BCUT2D eigenvalue weighted by Crippen LogP contribution is 2.12. The van der Waals surface area contributed by atoms with E-state index < -0.39 is 11.1 Å². The van der Waals surface area contributed by atoms with E-state index >= 15 is 0 Å². The van der Waals surface area contributed by atoms with E-state index in [0.29, 0.717) is 5.75 Å². The fraction of sp³-hybridized carbons (Fsp3) is 0.200. The lowest BCUT2D eigenvalue weighted by Gasteiger charge is -2.14. The fourth-order valence-electron chi connectivity index (χ4n) is 1.05. The average molecular weight is 269 g/mol. The Bertz CT molecular complexity index is 463. The van der Waals surface area contributed by atoms with Crippen molar-refractivity contribution < 1.29 is 14.6 Å². The lowest BCUT2D eigenvalue weighted by Crippen LogP contribution is -2.34. The first-order valence-corrected chi connectivity index (χ1v) is 6.04. The Morgan fingerprint density at radius 3 is 2.56 bits per heavy atom. The summed E-state index contributed by atoms with van der Waals surface area (Å²) in [5.41, 5.74) is 0. The Morgan fingerprint density at radius 1 is 1.44 bits per heavy atom. The van der Waals surface area contributed by atoms with Crippen molar-refractivity contribution in [2.75, 3.05) is 13.3 Å². The van der Waals surface area contributed by atoms with Crippen LogP contribution in [-0.2, 0) is 0 Å². The monoisotopic (exact) mass is 269 g/mol. The molecule has 0 saturated carbocycles. The predicted octanol–water partition coefficient (Wildman–Crippen LogP) is 2.03. The molecule has 0 aliphatic heterocycles. The van der Waals surface area contributed by atoms with Crippen molar-refractivity contribution in [3.63, 3.8) is 0 Å². The normalized spacial score (nSPS) is 10.9. The van der Waals surface area contributed by atoms with Gasteiger partial charge >= 0.3 is 6.09 Å². The molecule has 1 rings (SSSR count). The topological polar surface area (TPSA) is 85.0 Å². The molecule has 0 unspecified atom stereocenters. The highest BCUT2D eigenvalue weighted by Gasteiger charge is 2.19. The third-order valence-electron chi connectivity index (χ3n) is 1.86. The van der Waals surface area contributed by atoms with E-state index in [1.165, 1.54) is 7.05 Å². The molecule has 8 heteroatoms. The number of nitrogens with zero attached hydrogens (tertiary/aromatic N) is 3. The van der Waals surface area contributed by atoms with Crippen molar-refractivity contribution in [1.29, 1.82) is 0 Å². The number of amidine groups is 1. The van der Waals surface area contributed by atoms with Crippen LogP contribution in [-0.4, -0.2) is 34.5 Å². The number of benzene rings is 1. The van der Waals surface area contributed by atoms with Crippen LogP contribution in [0.25, 0.3) is 0 Å². The van der Waals surface area contributed by atoms with Crippen LogP contribution in [0, 0.1) is 10.1 Å². The maximum Gasteiger partial charge on any atom is 0.421 e.